The smallest absolute Gasteiger partial charge is 0.257 e. The molecule has 2 N–H and O–H groups in total. The molecule has 126 valence electrons. The van der Waals surface area contributed by atoms with Crippen LogP contribution in [-0.2, 0) is 18.4 Å². The monoisotopic (exact) mass is 327 g/mol. The van der Waals surface area contributed by atoms with E-state index in [0.29, 0.717) is 31.7 Å². The number of nitrogens with zero attached hydrogens (tertiary/aromatic N) is 4. The predicted octanol–water partition coefficient (Wildman–Crippen LogP) is 0.232. The Morgan fingerprint density at radius 2 is 2.00 bits per heavy atom. The van der Waals surface area contributed by atoms with Crippen molar-refractivity contribution in [2.75, 3.05) is 19.6 Å². The molecule has 7 heteroatoms. The first-order valence-electron chi connectivity index (χ1n) is 7.90. The lowest BCUT2D eigenvalue weighted by molar-refractivity contribution is -0.125. The molecular formula is C17H21N5O2. The molecule has 0 radical (unpaired) electrons. The van der Waals surface area contributed by atoms with E-state index in [1.165, 1.54) is 6.20 Å². The van der Waals surface area contributed by atoms with E-state index in [1.54, 1.807) is 22.8 Å². The van der Waals surface area contributed by atoms with Gasteiger partial charge in [0.2, 0.25) is 5.91 Å². The summed E-state index contributed by atoms with van der Waals surface area (Å²) in [5, 5.41) is 4.02. The van der Waals surface area contributed by atoms with E-state index in [1.807, 2.05) is 35.2 Å². The number of benzene rings is 1. The zero-order chi connectivity index (χ0) is 17.1. The number of carbonyl (C=O) groups is 2. The van der Waals surface area contributed by atoms with Gasteiger partial charge in [-0.3, -0.25) is 19.2 Å². The second-order valence-electron chi connectivity index (χ2n) is 6.03. The first-order valence-corrected chi connectivity index (χ1v) is 7.90. The highest BCUT2D eigenvalue weighted by Gasteiger charge is 2.33. The summed E-state index contributed by atoms with van der Waals surface area (Å²) in [6.45, 7) is 2.11. The number of aryl methyl sites for hydroxylation is 1. The molecule has 1 aliphatic heterocycles. The third-order valence-corrected chi connectivity index (χ3v) is 4.29. The minimum Gasteiger partial charge on any atom is -0.368 e. The van der Waals surface area contributed by atoms with Gasteiger partial charge in [-0.25, -0.2) is 0 Å². The van der Waals surface area contributed by atoms with Crippen LogP contribution in [0.1, 0.15) is 15.9 Å². The number of piperazine rings is 1. The maximum atomic E-state index is 12.5. The van der Waals surface area contributed by atoms with Gasteiger partial charge >= 0.3 is 0 Å². The Labute approximate surface area is 140 Å². The van der Waals surface area contributed by atoms with Crippen molar-refractivity contribution in [3.05, 3.63) is 53.9 Å². The standard InChI is InChI=1S/C17H21N5O2/c1-20-11-14(9-19-20)17(24)22-8-7-21(15(12-22)16(18)23)10-13-5-3-2-4-6-13/h2-6,9,11,15H,7-8,10,12H2,1H3,(H2,18,23). The van der Waals surface area contributed by atoms with Gasteiger partial charge in [-0.05, 0) is 5.56 Å². The summed E-state index contributed by atoms with van der Waals surface area (Å²) in [6.07, 6.45) is 3.22. The predicted molar refractivity (Wildman–Crippen MR) is 88.9 cm³/mol. The van der Waals surface area contributed by atoms with E-state index < -0.39 is 11.9 Å². The summed E-state index contributed by atoms with van der Waals surface area (Å²) in [5.74, 6) is -0.525. The highest BCUT2D eigenvalue weighted by molar-refractivity contribution is 5.94. The van der Waals surface area contributed by atoms with E-state index in [4.69, 9.17) is 5.73 Å². The van der Waals surface area contributed by atoms with E-state index in [2.05, 4.69) is 5.10 Å². The van der Waals surface area contributed by atoms with Crippen LogP contribution in [-0.4, -0.2) is 57.1 Å². The number of nitrogens with two attached hydrogens (primary N) is 1. The third kappa shape index (κ3) is 3.46. The minimum absolute atomic E-state index is 0.117. The molecule has 0 spiro atoms. The molecule has 0 aliphatic carbocycles. The Morgan fingerprint density at radius 3 is 2.62 bits per heavy atom. The summed E-state index contributed by atoms with van der Waals surface area (Å²) in [4.78, 5) is 28.1. The molecule has 1 aromatic heterocycles. The maximum absolute atomic E-state index is 12.5. The number of hydrogen-bond acceptors (Lipinski definition) is 4. The number of primary amides is 1. The van der Waals surface area contributed by atoms with Gasteiger partial charge in [0.25, 0.3) is 5.91 Å². The number of aromatic nitrogens is 2. The Balaban J connectivity index is 1.71. The van der Waals surface area contributed by atoms with Crippen LogP contribution >= 0.6 is 0 Å². The molecule has 1 atom stereocenters. The largest absolute Gasteiger partial charge is 0.368 e. The molecule has 1 fully saturated rings. The van der Waals surface area contributed by atoms with Crippen LogP contribution in [0, 0.1) is 0 Å². The van der Waals surface area contributed by atoms with E-state index in [-0.39, 0.29) is 5.91 Å². The number of amides is 2. The fourth-order valence-corrected chi connectivity index (χ4v) is 3.00. The summed E-state index contributed by atoms with van der Waals surface area (Å²) < 4.78 is 1.59. The van der Waals surface area contributed by atoms with Gasteiger partial charge in [-0.2, -0.15) is 5.10 Å². The van der Waals surface area contributed by atoms with E-state index in [0.717, 1.165) is 5.56 Å². The number of carbonyl (C=O) groups excluding carboxylic acids is 2. The molecule has 3 rings (SSSR count). The molecule has 2 amide bonds. The van der Waals surface area contributed by atoms with Gasteiger partial charge in [0.15, 0.2) is 0 Å². The minimum atomic E-state index is -0.487. The van der Waals surface area contributed by atoms with E-state index >= 15 is 0 Å². The average molecular weight is 327 g/mol. The molecule has 1 saturated heterocycles. The third-order valence-electron chi connectivity index (χ3n) is 4.29. The van der Waals surface area contributed by atoms with Crippen molar-refractivity contribution in [2.45, 2.75) is 12.6 Å². The van der Waals surface area contributed by atoms with Gasteiger partial charge in [-0.15, -0.1) is 0 Å². The molecule has 1 aromatic carbocycles. The van der Waals surface area contributed by atoms with Crippen molar-refractivity contribution in [2.24, 2.45) is 12.8 Å². The SMILES string of the molecule is Cn1cc(C(=O)N2CCN(Cc3ccccc3)C(C(N)=O)C2)cn1. The molecule has 0 saturated carbocycles. The van der Waals surface area contributed by atoms with Crippen LogP contribution in [0.3, 0.4) is 0 Å². The zero-order valence-electron chi connectivity index (χ0n) is 13.6. The molecule has 2 aromatic rings. The Morgan fingerprint density at radius 1 is 1.25 bits per heavy atom. The van der Waals surface area contributed by atoms with Crippen molar-refractivity contribution in [3.8, 4) is 0 Å². The summed E-state index contributed by atoms with van der Waals surface area (Å²) >= 11 is 0. The van der Waals surface area contributed by atoms with Gasteiger partial charge in [0.05, 0.1) is 11.8 Å². The van der Waals surface area contributed by atoms with Crippen molar-refractivity contribution in [3.63, 3.8) is 0 Å². The maximum Gasteiger partial charge on any atom is 0.257 e. The Hall–Kier alpha value is -2.67. The topological polar surface area (TPSA) is 84.5 Å². The molecular weight excluding hydrogens is 306 g/mol. The van der Waals surface area contributed by atoms with Crippen molar-refractivity contribution in [1.29, 1.82) is 0 Å². The van der Waals surface area contributed by atoms with Crippen LogP contribution in [0.4, 0.5) is 0 Å². The fraction of sp³-hybridized carbons (Fsp3) is 0.353. The summed E-state index contributed by atoms with van der Waals surface area (Å²) in [6, 6.07) is 9.45. The van der Waals surface area contributed by atoms with Crippen LogP contribution < -0.4 is 5.73 Å². The molecule has 1 aliphatic rings. The Bertz CT molecular complexity index is 728. The normalized spacial score (nSPS) is 18.5. The van der Waals surface area contributed by atoms with Gasteiger partial charge in [0, 0.05) is 39.4 Å². The highest BCUT2D eigenvalue weighted by Crippen LogP contribution is 2.16. The lowest BCUT2D eigenvalue weighted by Crippen LogP contribution is -2.58. The molecule has 24 heavy (non-hydrogen) atoms. The quantitative estimate of drug-likeness (QED) is 0.871. The average Bonchev–Trinajstić information content (AvgIpc) is 3.02. The van der Waals surface area contributed by atoms with Crippen LogP contribution in [0.15, 0.2) is 42.7 Å². The van der Waals surface area contributed by atoms with Crippen molar-refractivity contribution < 1.29 is 9.59 Å². The number of rotatable bonds is 4. The fourth-order valence-electron chi connectivity index (χ4n) is 3.00. The Kier molecular flexibility index (Phi) is 4.61. The zero-order valence-corrected chi connectivity index (χ0v) is 13.6. The first-order chi connectivity index (χ1) is 11.5. The second kappa shape index (κ2) is 6.84. The first kappa shape index (κ1) is 16.2. The molecule has 2 heterocycles. The number of hydrogen-bond donors (Lipinski definition) is 1. The lowest BCUT2D eigenvalue weighted by atomic mass is 10.1. The van der Waals surface area contributed by atoms with Gasteiger partial charge < -0.3 is 10.6 Å². The lowest BCUT2D eigenvalue weighted by Gasteiger charge is -2.39. The molecule has 0 bridgehead atoms. The van der Waals surface area contributed by atoms with Gasteiger partial charge in [-0.1, -0.05) is 30.3 Å². The van der Waals surface area contributed by atoms with Crippen molar-refractivity contribution in [1.82, 2.24) is 19.6 Å². The van der Waals surface area contributed by atoms with Crippen LogP contribution in [0.5, 0.6) is 0 Å². The molecule has 1 unspecified atom stereocenters. The summed E-state index contributed by atoms with van der Waals surface area (Å²) in [5.41, 5.74) is 7.23. The highest BCUT2D eigenvalue weighted by atomic mass is 16.2. The summed E-state index contributed by atoms with van der Waals surface area (Å²) in [7, 11) is 1.76. The second-order valence-corrected chi connectivity index (χ2v) is 6.03. The molecule has 7 nitrogen and oxygen atoms in total. The van der Waals surface area contributed by atoms with Crippen LogP contribution in [0.2, 0.25) is 0 Å². The van der Waals surface area contributed by atoms with E-state index in [9.17, 15) is 9.59 Å². The van der Waals surface area contributed by atoms with Crippen LogP contribution in [0.25, 0.3) is 0 Å². The van der Waals surface area contributed by atoms with Crippen molar-refractivity contribution >= 4 is 11.8 Å². The van der Waals surface area contributed by atoms with Gasteiger partial charge in [0.1, 0.15) is 6.04 Å².